The average molecular weight is 244 g/mol. The number of hydrogen-bond donors (Lipinski definition) is 2. The molecule has 0 aromatic heterocycles. The molecule has 2 unspecified atom stereocenters. The van der Waals surface area contributed by atoms with Crippen LogP contribution in [0.3, 0.4) is 0 Å². The van der Waals surface area contributed by atoms with Crippen molar-refractivity contribution in [3.8, 4) is 0 Å². The van der Waals surface area contributed by atoms with Gasteiger partial charge in [0.1, 0.15) is 0 Å². The molecule has 2 atom stereocenters. The van der Waals surface area contributed by atoms with E-state index in [9.17, 15) is 14.4 Å². The SMILES string of the molecule is COC(=O)NC1CC(C(=O)O)CN(C(C)=O)C1. The Balaban J connectivity index is 2.68. The third-order valence-corrected chi connectivity index (χ3v) is 2.75. The van der Waals surface area contributed by atoms with Crippen LogP contribution in [-0.2, 0) is 14.3 Å². The van der Waals surface area contributed by atoms with Crippen molar-refractivity contribution in [2.75, 3.05) is 20.2 Å². The van der Waals surface area contributed by atoms with E-state index in [1.165, 1.54) is 18.9 Å². The molecular weight excluding hydrogens is 228 g/mol. The van der Waals surface area contributed by atoms with E-state index in [1.54, 1.807) is 0 Å². The number of amides is 2. The van der Waals surface area contributed by atoms with E-state index < -0.39 is 18.0 Å². The Hall–Kier alpha value is -1.79. The molecule has 0 aliphatic carbocycles. The Morgan fingerprint density at radius 2 is 2.00 bits per heavy atom. The molecular formula is C10H16N2O5. The first-order valence-corrected chi connectivity index (χ1v) is 5.26. The van der Waals surface area contributed by atoms with Gasteiger partial charge in [0.15, 0.2) is 0 Å². The number of aliphatic carboxylic acids is 1. The quantitative estimate of drug-likeness (QED) is 0.693. The molecule has 1 aliphatic rings. The Morgan fingerprint density at radius 1 is 1.35 bits per heavy atom. The Labute approximate surface area is 98.7 Å². The molecule has 0 spiro atoms. The molecule has 0 saturated carbocycles. The fourth-order valence-corrected chi connectivity index (χ4v) is 1.87. The highest BCUT2D eigenvalue weighted by molar-refractivity contribution is 5.76. The van der Waals surface area contributed by atoms with Gasteiger partial charge in [0.2, 0.25) is 5.91 Å². The summed E-state index contributed by atoms with van der Waals surface area (Å²) in [7, 11) is 1.23. The fraction of sp³-hybridized carbons (Fsp3) is 0.700. The maximum absolute atomic E-state index is 11.3. The number of nitrogens with zero attached hydrogens (tertiary/aromatic N) is 1. The number of ether oxygens (including phenoxy) is 1. The van der Waals surface area contributed by atoms with Crippen molar-refractivity contribution in [3.63, 3.8) is 0 Å². The van der Waals surface area contributed by atoms with Gasteiger partial charge in [0, 0.05) is 20.0 Å². The van der Waals surface area contributed by atoms with Gasteiger partial charge in [-0.3, -0.25) is 9.59 Å². The average Bonchev–Trinajstić information content (AvgIpc) is 2.28. The predicted octanol–water partition coefficient (Wildman–Crippen LogP) is -0.336. The van der Waals surface area contributed by atoms with Crippen LogP contribution in [0.25, 0.3) is 0 Å². The largest absolute Gasteiger partial charge is 0.481 e. The molecule has 1 saturated heterocycles. The second-order valence-corrected chi connectivity index (χ2v) is 4.03. The van der Waals surface area contributed by atoms with Crippen molar-refractivity contribution >= 4 is 18.0 Å². The van der Waals surface area contributed by atoms with Crippen LogP contribution in [-0.4, -0.2) is 54.2 Å². The van der Waals surface area contributed by atoms with E-state index in [0.717, 1.165) is 0 Å². The highest BCUT2D eigenvalue weighted by Crippen LogP contribution is 2.17. The molecule has 1 aliphatic heterocycles. The first-order valence-electron chi connectivity index (χ1n) is 5.26. The van der Waals surface area contributed by atoms with Gasteiger partial charge in [-0.15, -0.1) is 0 Å². The molecule has 0 aromatic rings. The summed E-state index contributed by atoms with van der Waals surface area (Å²) in [4.78, 5) is 34.7. The maximum atomic E-state index is 11.3. The number of carbonyl (C=O) groups is 3. The standard InChI is InChI=1S/C10H16N2O5/c1-6(13)12-4-7(9(14)15)3-8(5-12)11-10(16)17-2/h7-8H,3-5H2,1-2H3,(H,11,16)(H,14,15). The summed E-state index contributed by atoms with van der Waals surface area (Å²) in [5, 5.41) is 11.5. The topological polar surface area (TPSA) is 95.9 Å². The van der Waals surface area contributed by atoms with Crippen molar-refractivity contribution in [2.24, 2.45) is 5.92 Å². The second kappa shape index (κ2) is 5.51. The van der Waals surface area contributed by atoms with Crippen LogP contribution in [0.15, 0.2) is 0 Å². The van der Waals surface area contributed by atoms with Crippen LogP contribution < -0.4 is 5.32 Å². The van der Waals surface area contributed by atoms with Crippen molar-refractivity contribution in [1.29, 1.82) is 0 Å². The number of likely N-dealkylation sites (tertiary alicyclic amines) is 1. The molecule has 2 N–H and O–H groups in total. The van der Waals surface area contributed by atoms with Crippen LogP contribution in [0, 0.1) is 5.92 Å². The highest BCUT2D eigenvalue weighted by Gasteiger charge is 2.33. The summed E-state index contributed by atoms with van der Waals surface area (Å²) in [6.45, 7) is 1.87. The molecule has 1 heterocycles. The zero-order valence-corrected chi connectivity index (χ0v) is 9.80. The molecule has 7 heteroatoms. The monoisotopic (exact) mass is 244 g/mol. The number of carbonyl (C=O) groups excluding carboxylic acids is 2. The Morgan fingerprint density at radius 3 is 2.47 bits per heavy atom. The number of carboxylic acids is 1. The molecule has 0 bridgehead atoms. The van der Waals surface area contributed by atoms with Crippen molar-refractivity contribution in [1.82, 2.24) is 10.2 Å². The zero-order valence-electron chi connectivity index (χ0n) is 9.80. The van der Waals surface area contributed by atoms with Gasteiger partial charge in [-0.2, -0.15) is 0 Å². The first kappa shape index (κ1) is 13.3. The number of rotatable bonds is 2. The minimum absolute atomic E-state index is 0.185. The van der Waals surface area contributed by atoms with Crippen molar-refractivity contribution in [3.05, 3.63) is 0 Å². The summed E-state index contributed by atoms with van der Waals surface area (Å²) in [5.74, 6) is -1.82. The van der Waals surface area contributed by atoms with Gasteiger partial charge < -0.3 is 20.1 Å². The minimum Gasteiger partial charge on any atom is -0.481 e. The van der Waals surface area contributed by atoms with E-state index in [1.807, 2.05) is 0 Å². The minimum atomic E-state index is -0.965. The summed E-state index contributed by atoms with van der Waals surface area (Å²) in [6.07, 6.45) is -0.321. The van der Waals surface area contributed by atoms with E-state index >= 15 is 0 Å². The van der Waals surface area contributed by atoms with Crippen LogP contribution >= 0.6 is 0 Å². The number of alkyl carbamates (subject to hydrolysis) is 1. The lowest BCUT2D eigenvalue weighted by Crippen LogP contribution is -2.53. The van der Waals surface area contributed by atoms with Crippen LogP contribution in [0.4, 0.5) is 4.79 Å². The van der Waals surface area contributed by atoms with Crippen molar-refractivity contribution < 1.29 is 24.2 Å². The maximum Gasteiger partial charge on any atom is 0.407 e. The van der Waals surface area contributed by atoms with E-state index in [4.69, 9.17) is 5.11 Å². The number of methoxy groups -OCH3 is 1. The summed E-state index contributed by atoms with van der Waals surface area (Å²) in [6, 6.07) is -0.388. The molecule has 0 aromatic carbocycles. The van der Waals surface area contributed by atoms with Crippen LogP contribution in [0.1, 0.15) is 13.3 Å². The molecule has 1 fully saturated rings. The predicted molar refractivity (Wildman–Crippen MR) is 57.3 cm³/mol. The normalized spacial score (nSPS) is 24.0. The molecule has 7 nitrogen and oxygen atoms in total. The number of nitrogens with one attached hydrogen (secondary N) is 1. The number of piperidine rings is 1. The molecule has 2 amide bonds. The molecule has 96 valence electrons. The summed E-state index contributed by atoms with van der Waals surface area (Å²) in [5.41, 5.74) is 0. The van der Waals surface area contributed by atoms with Crippen LogP contribution in [0.2, 0.25) is 0 Å². The van der Waals surface area contributed by atoms with E-state index in [0.29, 0.717) is 13.0 Å². The Kier molecular flexibility index (Phi) is 4.30. The lowest BCUT2D eigenvalue weighted by atomic mass is 9.94. The lowest BCUT2D eigenvalue weighted by molar-refractivity contribution is -0.145. The van der Waals surface area contributed by atoms with Crippen LogP contribution in [0.5, 0.6) is 0 Å². The van der Waals surface area contributed by atoms with Gasteiger partial charge in [-0.05, 0) is 6.42 Å². The van der Waals surface area contributed by atoms with Gasteiger partial charge in [0.25, 0.3) is 0 Å². The zero-order chi connectivity index (χ0) is 13.0. The Bertz CT molecular complexity index is 309. The third kappa shape index (κ3) is 3.61. The van der Waals surface area contributed by atoms with E-state index in [-0.39, 0.29) is 18.5 Å². The molecule has 0 radical (unpaired) electrons. The third-order valence-electron chi connectivity index (χ3n) is 2.75. The fourth-order valence-electron chi connectivity index (χ4n) is 1.87. The molecule has 17 heavy (non-hydrogen) atoms. The van der Waals surface area contributed by atoms with Gasteiger partial charge >= 0.3 is 12.1 Å². The van der Waals surface area contributed by atoms with E-state index in [2.05, 4.69) is 10.1 Å². The first-order chi connectivity index (χ1) is 7.93. The number of carboxylic acid groups (broad SMARTS) is 1. The number of hydrogen-bond acceptors (Lipinski definition) is 4. The summed E-state index contributed by atoms with van der Waals surface area (Å²) >= 11 is 0. The smallest absolute Gasteiger partial charge is 0.407 e. The van der Waals surface area contributed by atoms with Crippen molar-refractivity contribution in [2.45, 2.75) is 19.4 Å². The van der Waals surface area contributed by atoms with Gasteiger partial charge in [-0.25, -0.2) is 4.79 Å². The molecule has 1 rings (SSSR count). The second-order valence-electron chi connectivity index (χ2n) is 4.03. The van der Waals surface area contributed by atoms with Gasteiger partial charge in [-0.1, -0.05) is 0 Å². The summed E-state index contributed by atoms with van der Waals surface area (Å²) < 4.78 is 4.44. The highest BCUT2D eigenvalue weighted by atomic mass is 16.5. The van der Waals surface area contributed by atoms with Gasteiger partial charge in [0.05, 0.1) is 19.1 Å². The lowest BCUT2D eigenvalue weighted by Gasteiger charge is -2.35.